The molecule has 0 saturated carbocycles. The van der Waals surface area contributed by atoms with Gasteiger partial charge >= 0.3 is 0 Å². The molecule has 110 valence electrons. The second kappa shape index (κ2) is 4.70. The van der Waals surface area contributed by atoms with Crippen LogP contribution < -0.4 is 15.3 Å². The average molecular weight is 292 g/mol. The number of aromatic hydroxyl groups is 1. The molecule has 1 aliphatic carbocycles. The third-order valence-corrected chi connectivity index (χ3v) is 4.35. The van der Waals surface area contributed by atoms with Crippen molar-refractivity contribution in [2.45, 2.75) is 19.8 Å². The Morgan fingerprint density at radius 1 is 1.32 bits per heavy atom. The molecule has 4 heteroatoms. The van der Waals surface area contributed by atoms with Gasteiger partial charge in [-0.05, 0) is 30.0 Å². The van der Waals surface area contributed by atoms with E-state index in [2.05, 4.69) is 23.0 Å². The lowest BCUT2D eigenvalue weighted by Gasteiger charge is -2.20. The zero-order valence-corrected chi connectivity index (χ0v) is 12.6. The standard InChI is InChI=1S/C18H16N2O2/c1-3-10-4-7-15(21)18-11(10)5-6-13-17(18)12-9-19-16(22-2)8-14(12)20-13/h4,6-9,21H,3,5H2,1-2H3. The molecule has 2 aromatic rings. The summed E-state index contributed by atoms with van der Waals surface area (Å²) in [4.78, 5) is 8.96. The van der Waals surface area contributed by atoms with Crippen LogP contribution in [-0.2, 0) is 12.8 Å². The van der Waals surface area contributed by atoms with Gasteiger partial charge in [-0.15, -0.1) is 0 Å². The fraction of sp³-hybridized carbons (Fsp3) is 0.222. The number of hydrogen-bond acceptors (Lipinski definition) is 4. The van der Waals surface area contributed by atoms with E-state index in [4.69, 9.17) is 4.74 Å². The van der Waals surface area contributed by atoms with Crippen LogP contribution in [0.1, 0.15) is 23.6 Å². The zero-order chi connectivity index (χ0) is 15.3. The van der Waals surface area contributed by atoms with Crippen molar-refractivity contribution in [2.75, 3.05) is 7.11 Å². The van der Waals surface area contributed by atoms with E-state index in [-0.39, 0.29) is 0 Å². The molecular formula is C18H16N2O2. The maximum atomic E-state index is 10.4. The molecule has 1 N–H and O–H groups in total. The van der Waals surface area contributed by atoms with Gasteiger partial charge < -0.3 is 9.84 Å². The number of allylic oxidation sites excluding steroid dienone is 2. The zero-order valence-electron chi connectivity index (χ0n) is 12.6. The van der Waals surface area contributed by atoms with Gasteiger partial charge in [0.1, 0.15) is 5.75 Å². The fourth-order valence-electron chi connectivity index (χ4n) is 3.28. The molecule has 0 spiro atoms. The van der Waals surface area contributed by atoms with Crippen LogP contribution in [0.3, 0.4) is 0 Å². The molecule has 1 aliphatic heterocycles. The van der Waals surface area contributed by atoms with Gasteiger partial charge in [0.05, 0.1) is 18.2 Å². The van der Waals surface area contributed by atoms with Gasteiger partial charge in [0, 0.05) is 28.6 Å². The van der Waals surface area contributed by atoms with E-state index < -0.39 is 0 Å². The maximum Gasteiger partial charge on any atom is 0.215 e. The molecule has 1 aromatic carbocycles. The summed E-state index contributed by atoms with van der Waals surface area (Å²) in [7, 11) is 1.60. The van der Waals surface area contributed by atoms with E-state index in [0.717, 1.165) is 40.3 Å². The lowest BCUT2D eigenvalue weighted by atomic mass is 9.85. The second-order valence-corrected chi connectivity index (χ2v) is 5.48. The van der Waals surface area contributed by atoms with E-state index in [9.17, 15) is 5.11 Å². The number of methoxy groups -OCH3 is 1. The Labute approximate surface area is 128 Å². The van der Waals surface area contributed by atoms with E-state index in [1.54, 1.807) is 19.4 Å². The fourth-order valence-corrected chi connectivity index (χ4v) is 3.28. The Morgan fingerprint density at radius 3 is 2.95 bits per heavy atom. The number of pyridine rings is 1. The van der Waals surface area contributed by atoms with Crippen molar-refractivity contribution in [1.82, 2.24) is 4.98 Å². The Morgan fingerprint density at radius 2 is 2.18 bits per heavy atom. The highest BCUT2D eigenvalue weighted by atomic mass is 16.5. The topological polar surface area (TPSA) is 54.7 Å². The van der Waals surface area contributed by atoms with Gasteiger partial charge in [0.15, 0.2) is 0 Å². The van der Waals surface area contributed by atoms with Crippen LogP contribution in [0.25, 0.3) is 5.57 Å². The first kappa shape index (κ1) is 13.1. The summed E-state index contributed by atoms with van der Waals surface area (Å²) >= 11 is 0. The molecule has 4 rings (SSSR count). The van der Waals surface area contributed by atoms with Crippen molar-refractivity contribution < 1.29 is 9.84 Å². The summed E-state index contributed by atoms with van der Waals surface area (Å²) in [6.45, 7) is 2.13. The molecule has 0 saturated heterocycles. The molecular weight excluding hydrogens is 276 g/mol. The number of benzene rings is 1. The van der Waals surface area contributed by atoms with E-state index in [1.165, 1.54) is 11.1 Å². The van der Waals surface area contributed by atoms with Gasteiger partial charge in [0.25, 0.3) is 0 Å². The number of ether oxygens (including phenoxy) is 1. The number of fused-ring (bicyclic) bond motifs is 4. The Kier molecular flexibility index (Phi) is 2.79. The molecule has 2 aliphatic rings. The summed E-state index contributed by atoms with van der Waals surface area (Å²) in [5.41, 5.74) is 5.28. The second-order valence-electron chi connectivity index (χ2n) is 5.48. The third-order valence-electron chi connectivity index (χ3n) is 4.35. The molecule has 0 atom stereocenters. The van der Waals surface area contributed by atoms with Crippen LogP contribution in [0.15, 0.2) is 41.2 Å². The lowest BCUT2D eigenvalue weighted by molar-refractivity contribution is 0.397. The van der Waals surface area contributed by atoms with Crippen molar-refractivity contribution >= 4 is 5.57 Å². The van der Waals surface area contributed by atoms with Crippen LogP contribution in [0.2, 0.25) is 0 Å². The molecule has 0 amide bonds. The minimum absolute atomic E-state index is 0.312. The van der Waals surface area contributed by atoms with Crippen molar-refractivity contribution in [3.05, 3.63) is 63.4 Å². The molecule has 0 unspecified atom stereocenters. The predicted molar refractivity (Wildman–Crippen MR) is 83.4 cm³/mol. The lowest BCUT2D eigenvalue weighted by Crippen LogP contribution is -2.24. The first-order valence-electron chi connectivity index (χ1n) is 7.40. The van der Waals surface area contributed by atoms with Crippen molar-refractivity contribution in [2.24, 2.45) is 4.99 Å². The molecule has 22 heavy (non-hydrogen) atoms. The predicted octanol–water partition coefficient (Wildman–Crippen LogP) is 1.63. The van der Waals surface area contributed by atoms with Gasteiger partial charge in [-0.1, -0.05) is 19.1 Å². The summed E-state index contributed by atoms with van der Waals surface area (Å²) in [5, 5.41) is 12.2. The van der Waals surface area contributed by atoms with E-state index in [1.807, 2.05) is 12.1 Å². The number of phenolic OH excluding ortho intramolecular Hbond substituents is 1. The summed E-state index contributed by atoms with van der Waals surface area (Å²) in [6, 6.07) is 5.62. The molecule has 1 aromatic heterocycles. The van der Waals surface area contributed by atoms with Crippen molar-refractivity contribution in [1.29, 1.82) is 0 Å². The normalized spacial score (nSPS) is 14.6. The largest absolute Gasteiger partial charge is 0.507 e. The van der Waals surface area contributed by atoms with Crippen LogP contribution in [0.5, 0.6) is 11.6 Å². The SMILES string of the molecule is CCc1ccc(O)c2c1CC=C1N=c3cc(OC)ncc3=C12. The van der Waals surface area contributed by atoms with Crippen molar-refractivity contribution in [3.63, 3.8) is 0 Å². The van der Waals surface area contributed by atoms with Crippen LogP contribution in [0.4, 0.5) is 0 Å². The van der Waals surface area contributed by atoms with Gasteiger partial charge in [-0.25, -0.2) is 9.98 Å². The van der Waals surface area contributed by atoms with Crippen molar-refractivity contribution in [3.8, 4) is 11.6 Å². The Hall–Kier alpha value is -2.62. The molecule has 2 heterocycles. The van der Waals surface area contributed by atoms with Gasteiger partial charge in [-0.2, -0.15) is 0 Å². The number of nitrogens with zero attached hydrogens (tertiary/aromatic N) is 2. The average Bonchev–Trinajstić information content (AvgIpc) is 2.92. The number of phenols is 1. The molecule has 0 bridgehead atoms. The number of aromatic nitrogens is 1. The maximum absolute atomic E-state index is 10.4. The molecule has 4 nitrogen and oxygen atoms in total. The number of aryl methyl sites for hydroxylation is 1. The van der Waals surface area contributed by atoms with Crippen LogP contribution in [0, 0.1) is 0 Å². The minimum atomic E-state index is 0.312. The highest BCUT2D eigenvalue weighted by Gasteiger charge is 2.26. The van der Waals surface area contributed by atoms with Crippen LogP contribution in [-0.4, -0.2) is 17.2 Å². The van der Waals surface area contributed by atoms with Gasteiger partial charge in [0.2, 0.25) is 5.88 Å². The first-order chi connectivity index (χ1) is 10.7. The quantitative estimate of drug-likeness (QED) is 0.915. The Balaban J connectivity index is 2.09. The molecule has 0 radical (unpaired) electrons. The first-order valence-corrected chi connectivity index (χ1v) is 7.40. The summed E-state index contributed by atoms with van der Waals surface area (Å²) in [5.74, 6) is 0.862. The number of rotatable bonds is 2. The third kappa shape index (κ3) is 1.70. The highest BCUT2D eigenvalue weighted by molar-refractivity contribution is 5.86. The summed E-state index contributed by atoms with van der Waals surface area (Å²) < 4.78 is 5.17. The number of hydrogen-bond donors (Lipinski definition) is 1. The van der Waals surface area contributed by atoms with Crippen LogP contribution >= 0.6 is 0 Å². The smallest absolute Gasteiger partial charge is 0.215 e. The highest BCUT2D eigenvalue weighted by Crippen LogP contribution is 2.38. The minimum Gasteiger partial charge on any atom is -0.507 e. The van der Waals surface area contributed by atoms with Gasteiger partial charge in [-0.3, -0.25) is 0 Å². The Bertz CT molecular complexity index is 942. The van der Waals surface area contributed by atoms with E-state index in [0.29, 0.717) is 11.6 Å². The summed E-state index contributed by atoms with van der Waals surface area (Å²) in [6.07, 6.45) is 5.65. The monoisotopic (exact) mass is 292 g/mol. The van der Waals surface area contributed by atoms with E-state index >= 15 is 0 Å². The molecule has 0 fully saturated rings.